The van der Waals surface area contributed by atoms with Crippen molar-refractivity contribution in [2.45, 2.75) is 32.2 Å². The first kappa shape index (κ1) is 12.8. The molecule has 0 aromatic heterocycles. The molecule has 4 heteroatoms. The Morgan fingerprint density at radius 1 is 1.39 bits per heavy atom. The van der Waals surface area contributed by atoms with Gasteiger partial charge in [0.05, 0.1) is 11.6 Å². The van der Waals surface area contributed by atoms with Gasteiger partial charge in [0.15, 0.2) is 0 Å². The highest BCUT2D eigenvalue weighted by molar-refractivity contribution is 5.56. The van der Waals surface area contributed by atoms with E-state index in [4.69, 9.17) is 10.00 Å². The smallest absolute Gasteiger partial charge is 0.129 e. The third kappa shape index (κ3) is 2.99. The van der Waals surface area contributed by atoms with Crippen molar-refractivity contribution in [3.05, 3.63) is 29.1 Å². The number of hydrogen-bond donors (Lipinski definition) is 1. The van der Waals surface area contributed by atoms with Gasteiger partial charge in [-0.2, -0.15) is 5.26 Å². The van der Waals surface area contributed by atoms with Crippen molar-refractivity contribution in [2.24, 2.45) is 0 Å². The number of rotatable bonds is 2. The largest absolute Gasteiger partial charge is 0.382 e. The van der Waals surface area contributed by atoms with Crippen molar-refractivity contribution < 1.29 is 9.13 Å². The minimum Gasteiger partial charge on any atom is -0.382 e. The van der Waals surface area contributed by atoms with E-state index in [1.165, 1.54) is 6.07 Å². The van der Waals surface area contributed by atoms with E-state index in [1.807, 2.05) is 6.07 Å². The molecule has 0 aliphatic carbocycles. The van der Waals surface area contributed by atoms with Crippen LogP contribution < -0.4 is 5.32 Å². The second-order valence-corrected chi connectivity index (χ2v) is 4.63. The fourth-order valence-electron chi connectivity index (χ4n) is 2.16. The highest BCUT2D eigenvalue weighted by Gasteiger charge is 2.15. The quantitative estimate of drug-likeness (QED) is 0.875. The lowest BCUT2D eigenvalue weighted by atomic mass is 10.1. The van der Waals surface area contributed by atoms with Crippen LogP contribution in [0.25, 0.3) is 0 Å². The lowest BCUT2D eigenvalue weighted by Crippen LogP contribution is -2.20. The summed E-state index contributed by atoms with van der Waals surface area (Å²) in [4.78, 5) is 0. The average Bonchev–Trinajstić information content (AvgIpc) is 2.63. The zero-order valence-corrected chi connectivity index (χ0v) is 10.5. The van der Waals surface area contributed by atoms with Gasteiger partial charge in [0.1, 0.15) is 5.82 Å². The van der Waals surface area contributed by atoms with Crippen molar-refractivity contribution in [1.29, 1.82) is 5.26 Å². The summed E-state index contributed by atoms with van der Waals surface area (Å²) in [5.74, 6) is -0.332. The predicted octanol–water partition coefficient (Wildman–Crippen LogP) is 2.99. The Bertz CT molecular complexity index is 460. The molecule has 18 heavy (non-hydrogen) atoms. The number of anilines is 1. The summed E-state index contributed by atoms with van der Waals surface area (Å²) in [5.41, 5.74) is 1.64. The van der Waals surface area contributed by atoms with E-state index in [-0.39, 0.29) is 5.82 Å². The summed E-state index contributed by atoms with van der Waals surface area (Å²) in [6.45, 7) is 3.26. The van der Waals surface area contributed by atoms with Crippen LogP contribution in [0, 0.1) is 24.1 Å². The first-order valence-corrected chi connectivity index (χ1v) is 6.25. The molecule has 1 saturated heterocycles. The Morgan fingerprint density at radius 3 is 3.00 bits per heavy atom. The summed E-state index contributed by atoms with van der Waals surface area (Å²) in [6.07, 6.45) is 2.94. The van der Waals surface area contributed by atoms with E-state index in [9.17, 15) is 4.39 Å². The van der Waals surface area contributed by atoms with Crippen molar-refractivity contribution in [3.8, 4) is 6.07 Å². The number of nitriles is 1. The first-order valence-electron chi connectivity index (χ1n) is 6.25. The summed E-state index contributed by atoms with van der Waals surface area (Å²) in [7, 11) is 0. The normalized spacial score (nSPS) is 19.9. The maximum Gasteiger partial charge on any atom is 0.129 e. The zero-order valence-electron chi connectivity index (χ0n) is 10.5. The molecule has 0 spiro atoms. The molecule has 0 radical (unpaired) electrons. The Morgan fingerprint density at radius 2 is 2.22 bits per heavy atom. The van der Waals surface area contributed by atoms with Crippen LogP contribution in [0.2, 0.25) is 0 Å². The highest BCUT2D eigenvalue weighted by Crippen LogP contribution is 2.23. The van der Waals surface area contributed by atoms with Gasteiger partial charge >= 0.3 is 0 Å². The van der Waals surface area contributed by atoms with Gasteiger partial charge in [-0.3, -0.25) is 0 Å². The first-order chi connectivity index (χ1) is 8.70. The summed E-state index contributed by atoms with van der Waals surface area (Å²) in [6, 6.07) is 5.26. The van der Waals surface area contributed by atoms with Gasteiger partial charge in [-0.15, -0.1) is 0 Å². The summed E-state index contributed by atoms with van der Waals surface area (Å²) >= 11 is 0. The van der Waals surface area contributed by atoms with Crippen LogP contribution in [0.5, 0.6) is 0 Å². The fraction of sp³-hybridized carbons (Fsp3) is 0.500. The van der Waals surface area contributed by atoms with Crippen molar-refractivity contribution in [2.75, 3.05) is 18.5 Å². The number of ether oxygens (including phenoxy) is 1. The molecule has 1 aliphatic rings. The minimum atomic E-state index is -0.332. The number of hydrogen-bond acceptors (Lipinski definition) is 3. The van der Waals surface area contributed by atoms with Crippen LogP contribution in [0.3, 0.4) is 0 Å². The minimum absolute atomic E-state index is 0.291. The molecule has 0 saturated carbocycles. The molecule has 1 aromatic carbocycles. The monoisotopic (exact) mass is 248 g/mol. The fourth-order valence-corrected chi connectivity index (χ4v) is 2.16. The SMILES string of the molecule is Cc1c(F)cc(C#N)cc1NC1CCCOCC1. The molecule has 3 nitrogen and oxygen atoms in total. The molecule has 0 bridgehead atoms. The van der Waals surface area contributed by atoms with Crippen LogP contribution in [-0.4, -0.2) is 19.3 Å². The number of halogens is 1. The predicted molar refractivity (Wildman–Crippen MR) is 67.9 cm³/mol. The molecule has 1 N–H and O–H groups in total. The zero-order chi connectivity index (χ0) is 13.0. The maximum atomic E-state index is 13.6. The van der Waals surface area contributed by atoms with E-state index < -0.39 is 0 Å². The van der Waals surface area contributed by atoms with Gasteiger partial charge in [-0.05, 0) is 38.3 Å². The molecule has 1 unspecified atom stereocenters. The molecule has 96 valence electrons. The Labute approximate surface area is 107 Å². The standard InChI is InChI=1S/C14H17FN2O/c1-10-13(15)7-11(9-16)8-14(10)17-12-3-2-5-18-6-4-12/h7-8,12,17H,2-6H2,1H3. The van der Waals surface area contributed by atoms with E-state index in [0.29, 0.717) is 17.2 Å². The third-order valence-corrected chi connectivity index (χ3v) is 3.28. The van der Waals surface area contributed by atoms with Crippen molar-refractivity contribution in [1.82, 2.24) is 0 Å². The molecular formula is C14H17FN2O. The van der Waals surface area contributed by atoms with Crippen LogP contribution >= 0.6 is 0 Å². The second kappa shape index (κ2) is 5.83. The van der Waals surface area contributed by atoms with Crippen LogP contribution in [-0.2, 0) is 4.74 Å². The van der Waals surface area contributed by atoms with Gasteiger partial charge in [0.2, 0.25) is 0 Å². The molecule has 1 atom stereocenters. The van der Waals surface area contributed by atoms with E-state index in [2.05, 4.69) is 5.32 Å². The van der Waals surface area contributed by atoms with Gasteiger partial charge in [-0.25, -0.2) is 4.39 Å². The molecule has 1 heterocycles. The average molecular weight is 248 g/mol. The van der Waals surface area contributed by atoms with Gasteiger partial charge in [-0.1, -0.05) is 0 Å². The molecular weight excluding hydrogens is 231 g/mol. The second-order valence-electron chi connectivity index (χ2n) is 4.63. The Balaban J connectivity index is 2.17. The molecule has 0 amide bonds. The number of benzene rings is 1. The van der Waals surface area contributed by atoms with E-state index in [1.54, 1.807) is 13.0 Å². The Hall–Kier alpha value is -1.60. The number of nitrogens with zero attached hydrogens (tertiary/aromatic N) is 1. The van der Waals surface area contributed by atoms with E-state index in [0.717, 1.165) is 38.2 Å². The Kier molecular flexibility index (Phi) is 4.16. The third-order valence-electron chi connectivity index (χ3n) is 3.28. The molecule has 1 aliphatic heterocycles. The van der Waals surface area contributed by atoms with Gasteiger partial charge < -0.3 is 10.1 Å². The van der Waals surface area contributed by atoms with Crippen LogP contribution in [0.15, 0.2) is 12.1 Å². The molecule has 2 rings (SSSR count). The summed E-state index contributed by atoms with van der Waals surface area (Å²) < 4.78 is 19.0. The lowest BCUT2D eigenvalue weighted by Gasteiger charge is -2.19. The van der Waals surface area contributed by atoms with Crippen LogP contribution in [0.1, 0.15) is 30.4 Å². The van der Waals surface area contributed by atoms with Crippen molar-refractivity contribution in [3.63, 3.8) is 0 Å². The lowest BCUT2D eigenvalue weighted by molar-refractivity contribution is 0.144. The van der Waals surface area contributed by atoms with Crippen LogP contribution in [0.4, 0.5) is 10.1 Å². The summed E-state index contributed by atoms with van der Waals surface area (Å²) in [5, 5.41) is 12.2. The highest BCUT2D eigenvalue weighted by atomic mass is 19.1. The van der Waals surface area contributed by atoms with Gasteiger partial charge in [0.25, 0.3) is 0 Å². The van der Waals surface area contributed by atoms with Crippen molar-refractivity contribution >= 4 is 5.69 Å². The topological polar surface area (TPSA) is 45.0 Å². The molecule has 1 fully saturated rings. The van der Waals surface area contributed by atoms with Gasteiger partial charge in [0, 0.05) is 30.5 Å². The van der Waals surface area contributed by atoms with E-state index >= 15 is 0 Å². The maximum absolute atomic E-state index is 13.6. The number of nitrogens with one attached hydrogen (secondary N) is 1. The molecule has 1 aromatic rings.